The molecule has 0 aliphatic carbocycles. The summed E-state index contributed by atoms with van der Waals surface area (Å²) in [5.41, 5.74) is 0. The fourth-order valence-corrected chi connectivity index (χ4v) is 0.218. The van der Waals surface area contributed by atoms with Crippen LogP contribution in [0.2, 0.25) is 0 Å². The fraction of sp³-hybridized carbons (Fsp3) is 0.500. The molecule has 0 amide bonds. The summed E-state index contributed by atoms with van der Waals surface area (Å²) >= 11 is 0. The van der Waals surface area contributed by atoms with E-state index in [4.69, 9.17) is 5.84 Å². The van der Waals surface area contributed by atoms with Crippen LogP contribution in [-0.2, 0) is 0 Å². The van der Waals surface area contributed by atoms with E-state index in [1.165, 1.54) is 0 Å². The highest BCUT2D eigenvalue weighted by atomic mass is 15.6. The maximum atomic E-state index is 7.01. The van der Waals surface area contributed by atoms with Crippen LogP contribution >= 0.6 is 0 Å². The average Bonchev–Trinajstić information content (AvgIpc) is 2.22. The zero-order valence-electron chi connectivity index (χ0n) is 3.65. The summed E-state index contributed by atoms with van der Waals surface area (Å²) in [6.07, 6.45) is 0. The van der Waals surface area contributed by atoms with Crippen LogP contribution in [0.25, 0.3) is 5.84 Å². The summed E-state index contributed by atoms with van der Waals surface area (Å²) in [4.78, 5) is 0. The van der Waals surface area contributed by atoms with Crippen molar-refractivity contribution >= 4 is 0 Å². The number of hydrogen-bond donors (Lipinski definition) is 0. The smallest absolute Gasteiger partial charge is 0.206 e. The average molecular weight is 82.1 g/mol. The molecule has 1 aliphatic heterocycles. The lowest BCUT2D eigenvalue weighted by atomic mass is 10.7. The van der Waals surface area contributed by atoms with E-state index in [2.05, 4.69) is 12.1 Å². The summed E-state index contributed by atoms with van der Waals surface area (Å²) < 4.78 is 0.0694. The first-order valence-corrected chi connectivity index (χ1v) is 1.94. The normalized spacial score (nSPS) is 21.7. The molecule has 0 spiro atoms. The molecule has 32 valence electrons. The second-order valence-corrected chi connectivity index (χ2v) is 1.35. The third kappa shape index (κ3) is 0.383. The largest absolute Gasteiger partial charge is 0.439 e. The fourth-order valence-electron chi connectivity index (χ4n) is 0.218. The minimum Gasteiger partial charge on any atom is -0.439 e. The summed E-state index contributed by atoms with van der Waals surface area (Å²) in [5, 5.41) is 0. The Morgan fingerprint density at radius 3 is 2.17 bits per heavy atom. The molecule has 0 atom stereocenters. The van der Waals surface area contributed by atoms with E-state index in [-0.39, 0.29) is 4.59 Å². The lowest BCUT2D eigenvalue weighted by Gasteiger charge is -2.10. The van der Waals surface area contributed by atoms with Crippen molar-refractivity contribution in [2.45, 2.75) is 6.92 Å². The maximum Gasteiger partial charge on any atom is 0.206 e. The van der Waals surface area contributed by atoms with E-state index in [0.29, 0.717) is 0 Å². The quantitative estimate of drug-likeness (QED) is 0.329. The molecule has 0 aromatic carbocycles. The van der Waals surface area contributed by atoms with Crippen LogP contribution in [0.1, 0.15) is 6.92 Å². The van der Waals surface area contributed by atoms with Crippen molar-refractivity contribution in [2.24, 2.45) is 0 Å². The topological polar surface area (TPSA) is 23.8 Å². The first kappa shape index (κ1) is 3.66. The maximum absolute atomic E-state index is 7.01. The predicted octanol–water partition coefficient (Wildman–Crippen LogP) is 0.722. The molecule has 2 heteroatoms. The van der Waals surface area contributed by atoms with Crippen LogP contribution in [0.15, 0.2) is 0 Å². The van der Waals surface area contributed by atoms with Crippen LogP contribution in [0.5, 0.6) is 0 Å². The molecule has 0 aromatic rings. The van der Waals surface area contributed by atoms with Gasteiger partial charge in [-0.15, -0.1) is 0 Å². The molecule has 0 saturated carbocycles. The van der Waals surface area contributed by atoms with Gasteiger partial charge in [-0.25, -0.2) is 4.59 Å². The van der Waals surface area contributed by atoms with E-state index in [9.17, 15) is 0 Å². The molecular formula is C4H6N2. The highest BCUT2D eigenvalue weighted by Crippen LogP contribution is 2.10. The van der Waals surface area contributed by atoms with Gasteiger partial charge in [-0.3, -0.25) is 0 Å². The van der Waals surface area contributed by atoms with Crippen LogP contribution in [0.3, 0.4) is 0 Å². The monoisotopic (exact) mass is 82.1 g/mol. The first-order chi connectivity index (χ1) is 2.77. The molecule has 1 heterocycles. The molecule has 6 heavy (non-hydrogen) atoms. The Hall–Kier alpha value is -0.520. The lowest BCUT2D eigenvalue weighted by molar-refractivity contribution is -0.693. The molecule has 0 radical (unpaired) electrons. The van der Waals surface area contributed by atoms with E-state index in [0.717, 1.165) is 6.54 Å². The Kier molecular flexibility index (Phi) is 0.461. The summed E-state index contributed by atoms with van der Waals surface area (Å²) in [6.45, 7) is 2.69. The van der Waals surface area contributed by atoms with Crippen LogP contribution in [0, 0.1) is 12.1 Å². The Balaban J connectivity index is 2.34. The molecule has 2 nitrogen and oxygen atoms in total. The zero-order valence-corrected chi connectivity index (χ0v) is 3.65. The Morgan fingerprint density at radius 1 is 1.67 bits per heavy atom. The molecule has 0 fully saturated rings. The zero-order chi connectivity index (χ0) is 4.62. The first-order valence-electron chi connectivity index (χ1n) is 1.94. The molecule has 0 unspecified atom stereocenters. The van der Waals surface area contributed by atoms with Crippen molar-refractivity contribution in [3.63, 3.8) is 0 Å². The molecule has 1 N–H and O–H groups in total. The molecule has 0 bridgehead atoms. The summed E-state index contributed by atoms with van der Waals surface area (Å²) in [7, 11) is 0. The van der Waals surface area contributed by atoms with Crippen molar-refractivity contribution in [2.75, 3.05) is 6.54 Å². The number of quaternary nitrogens is 1. The third-order valence-electron chi connectivity index (χ3n) is 0.856. The highest BCUT2D eigenvalue weighted by Gasteiger charge is 2.19. The number of nitrogens with zero attached hydrogens (tertiary/aromatic N) is 1. The van der Waals surface area contributed by atoms with Gasteiger partial charge in [0, 0.05) is 0 Å². The van der Waals surface area contributed by atoms with E-state index in [1.54, 1.807) is 0 Å². The van der Waals surface area contributed by atoms with E-state index >= 15 is 0 Å². The van der Waals surface area contributed by atoms with Gasteiger partial charge in [0.25, 0.3) is 0 Å². The third-order valence-corrected chi connectivity index (χ3v) is 0.856. The van der Waals surface area contributed by atoms with Gasteiger partial charge in [0.05, 0.1) is 6.54 Å². The van der Waals surface area contributed by atoms with Gasteiger partial charge >= 0.3 is 0 Å². The van der Waals surface area contributed by atoms with Crippen LogP contribution in [-0.4, -0.2) is 11.1 Å². The minimum atomic E-state index is 0.0694. The van der Waals surface area contributed by atoms with Crippen molar-refractivity contribution in [1.82, 2.24) is 0 Å². The Morgan fingerprint density at radius 2 is 2.17 bits per heavy atom. The van der Waals surface area contributed by atoms with Crippen LogP contribution in [0.4, 0.5) is 0 Å². The van der Waals surface area contributed by atoms with Crippen molar-refractivity contribution in [3.8, 4) is 12.1 Å². The Labute approximate surface area is 37.1 Å². The van der Waals surface area contributed by atoms with Gasteiger partial charge in [0.1, 0.15) is 0 Å². The van der Waals surface area contributed by atoms with E-state index < -0.39 is 0 Å². The lowest BCUT2D eigenvalue weighted by Crippen LogP contribution is -2.15. The van der Waals surface area contributed by atoms with Gasteiger partial charge in [-0.1, -0.05) is 0 Å². The highest BCUT2D eigenvalue weighted by molar-refractivity contribution is 5.02. The summed E-state index contributed by atoms with van der Waals surface area (Å²) in [6, 6.07) is 5.23. The minimum absolute atomic E-state index is 0.0694. The molecular weight excluding hydrogens is 76.1 g/mol. The Bertz CT molecular complexity index is 109. The molecule has 1 aliphatic rings. The van der Waals surface area contributed by atoms with Gasteiger partial charge in [-0.05, 0) is 6.92 Å². The second kappa shape index (κ2) is 0.754. The molecule has 0 aromatic heterocycles. The standard InChI is InChI=1S/C4H6N2/c1-2-6(5)3-4-6/h5H,2H2,1H3. The second-order valence-electron chi connectivity index (χ2n) is 1.35. The van der Waals surface area contributed by atoms with Crippen molar-refractivity contribution < 1.29 is 4.59 Å². The van der Waals surface area contributed by atoms with E-state index in [1.807, 2.05) is 6.92 Å². The molecule has 0 saturated heterocycles. The van der Waals surface area contributed by atoms with Crippen molar-refractivity contribution in [1.29, 1.82) is 0 Å². The van der Waals surface area contributed by atoms with Crippen molar-refractivity contribution in [3.05, 3.63) is 5.84 Å². The summed E-state index contributed by atoms with van der Waals surface area (Å²) in [5.74, 6) is 7.01. The molecule has 1 rings (SSSR count). The van der Waals surface area contributed by atoms with Crippen LogP contribution < -0.4 is 0 Å². The predicted molar refractivity (Wildman–Crippen MR) is 22.9 cm³/mol. The van der Waals surface area contributed by atoms with Gasteiger partial charge in [0.2, 0.25) is 12.1 Å². The SMILES string of the molecule is CC[N+]1([NH-])C#C1. The number of rotatable bonds is 1. The number of nitrogens with one attached hydrogen (secondary N) is 1. The van der Waals surface area contributed by atoms with Gasteiger partial charge in [0.15, 0.2) is 0 Å². The van der Waals surface area contributed by atoms with Gasteiger partial charge in [-0.2, -0.15) is 0 Å². The van der Waals surface area contributed by atoms with Gasteiger partial charge < -0.3 is 5.84 Å². The number of hydrogen-bond acceptors (Lipinski definition) is 0.